The normalized spacial score (nSPS) is 11.2. The lowest BCUT2D eigenvalue weighted by Gasteiger charge is -2.11. The van der Waals surface area contributed by atoms with Crippen molar-refractivity contribution in [2.45, 2.75) is 33.4 Å². The monoisotopic (exact) mass is 248 g/mol. The highest BCUT2D eigenvalue weighted by Gasteiger charge is 2.11. The Kier molecular flexibility index (Phi) is 3.72. The zero-order chi connectivity index (χ0) is 13.1. The quantitative estimate of drug-likeness (QED) is 0.902. The van der Waals surface area contributed by atoms with Gasteiger partial charge in [0.15, 0.2) is 0 Å². The second-order valence-electron chi connectivity index (χ2n) is 4.56. The number of nitrogens with one attached hydrogen (secondary N) is 1. The molecule has 2 aromatic rings. The Bertz CT molecular complexity index is 534. The van der Waals surface area contributed by atoms with Crippen molar-refractivity contribution in [3.05, 3.63) is 41.5 Å². The van der Waals surface area contributed by atoms with E-state index in [2.05, 4.69) is 29.5 Å². The molecule has 96 valence electrons. The molecule has 0 aliphatic carbocycles. The summed E-state index contributed by atoms with van der Waals surface area (Å²) in [6, 6.07) is 5.34. The van der Waals surface area contributed by atoms with Gasteiger partial charge < -0.3 is 5.32 Å². The van der Waals surface area contributed by atoms with Crippen molar-refractivity contribution in [2.75, 3.05) is 0 Å². The summed E-state index contributed by atoms with van der Waals surface area (Å²) in [5, 5.41) is 11.2. The Labute approximate surface area is 106 Å². The van der Waals surface area contributed by atoms with E-state index < -0.39 is 0 Å². The maximum absolute atomic E-state index is 13.5. The van der Waals surface area contributed by atoms with E-state index in [0.29, 0.717) is 18.2 Å². The van der Waals surface area contributed by atoms with Gasteiger partial charge in [-0.05, 0) is 19.1 Å². The van der Waals surface area contributed by atoms with Crippen LogP contribution in [0, 0.1) is 12.7 Å². The smallest absolute Gasteiger partial charge is 0.128 e. The molecule has 2 rings (SSSR count). The van der Waals surface area contributed by atoms with Crippen LogP contribution in [0.1, 0.15) is 25.1 Å². The van der Waals surface area contributed by atoms with E-state index in [0.717, 1.165) is 11.4 Å². The van der Waals surface area contributed by atoms with Gasteiger partial charge in [-0.1, -0.05) is 25.1 Å². The Hall–Kier alpha value is -1.75. The Morgan fingerprint density at radius 3 is 2.89 bits per heavy atom. The minimum absolute atomic E-state index is 0.231. The largest absolute Gasteiger partial charge is 0.309 e. The number of rotatable bonds is 4. The van der Waals surface area contributed by atoms with Gasteiger partial charge in [0.1, 0.15) is 5.82 Å². The number of hydrogen-bond acceptors (Lipinski definition) is 3. The van der Waals surface area contributed by atoms with E-state index in [4.69, 9.17) is 0 Å². The third-order valence-electron chi connectivity index (χ3n) is 2.78. The maximum Gasteiger partial charge on any atom is 0.128 e. The van der Waals surface area contributed by atoms with E-state index in [-0.39, 0.29) is 5.82 Å². The fourth-order valence-electron chi connectivity index (χ4n) is 1.71. The van der Waals surface area contributed by atoms with Crippen LogP contribution in [0.5, 0.6) is 0 Å². The highest BCUT2D eigenvalue weighted by molar-refractivity contribution is 5.41. The molecule has 4 nitrogen and oxygen atoms in total. The molecule has 0 saturated carbocycles. The summed E-state index contributed by atoms with van der Waals surface area (Å²) in [5.74, 6) is -0.231. The molecule has 0 radical (unpaired) electrons. The van der Waals surface area contributed by atoms with Crippen molar-refractivity contribution in [3.63, 3.8) is 0 Å². The van der Waals surface area contributed by atoms with Gasteiger partial charge in [-0.3, -0.25) is 0 Å². The second-order valence-corrected chi connectivity index (χ2v) is 4.56. The van der Waals surface area contributed by atoms with Crippen LogP contribution in [-0.2, 0) is 6.54 Å². The third-order valence-corrected chi connectivity index (χ3v) is 2.78. The maximum atomic E-state index is 13.5. The first-order valence-corrected chi connectivity index (χ1v) is 5.98. The second kappa shape index (κ2) is 5.27. The summed E-state index contributed by atoms with van der Waals surface area (Å²) in [5.41, 5.74) is 2.22. The summed E-state index contributed by atoms with van der Waals surface area (Å²) in [6.07, 6.45) is 1.69. The first-order chi connectivity index (χ1) is 8.59. The van der Waals surface area contributed by atoms with Crippen LogP contribution < -0.4 is 5.32 Å². The van der Waals surface area contributed by atoms with Crippen molar-refractivity contribution in [1.82, 2.24) is 20.3 Å². The number of nitrogens with zero attached hydrogens (tertiary/aromatic N) is 3. The molecule has 1 aromatic carbocycles. The van der Waals surface area contributed by atoms with E-state index in [1.807, 2.05) is 6.07 Å². The predicted octanol–water partition coefficient (Wildman–Crippen LogP) is 2.21. The molecule has 0 aliphatic rings. The highest BCUT2D eigenvalue weighted by Crippen LogP contribution is 2.17. The summed E-state index contributed by atoms with van der Waals surface area (Å²) in [7, 11) is 0. The lowest BCUT2D eigenvalue weighted by atomic mass is 10.2. The van der Waals surface area contributed by atoms with Gasteiger partial charge in [-0.25, -0.2) is 9.07 Å². The molecule has 0 bridgehead atoms. The summed E-state index contributed by atoms with van der Waals surface area (Å²) < 4.78 is 15.2. The molecule has 0 aliphatic heterocycles. The summed E-state index contributed by atoms with van der Waals surface area (Å²) >= 11 is 0. The number of hydrogen-bond donors (Lipinski definition) is 1. The average molecular weight is 248 g/mol. The lowest BCUT2D eigenvalue weighted by molar-refractivity contribution is 0.568. The fraction of sp³-hybridized carbons (Fsp3) is 0.385. The van der Waals surface area contributed by atoms with E-state index in [1.54, 1.807) is 23.9 Å². The van der Waals surface area contributed by atoms with Crippen LogP contribution in [0.2, 0.25) is 0 Å². The fourth-order valence-corrected chi connectivity index (χ4v) is 1.71. The van der Waals surface area contributed by atoms with Crippen LogP contribution in [0.4, 0.5) is 4.39 Å². The first kappa shape index (κ1) is 12.7. The molecule has 1 aromatic heterocycles. The van der Waals surface area contributed by atoms with E-state index >= 15 is 0 Å². The van der Waals surface area contributed by atoms with Crippen molar-refractivity contribution < 1.29 is 4.39 Å². The van der Waals surface area contributed by atoms with Crippen molar-refractivity contribution in [3.8, 4) is 5.69 Å². The van der Waals surface area contributed by atoms with E-state index in [9.17, 15) is 4.39 Å². The van der Waals surface area contributed by atoms with Crippen LogP contribution in [0.25, 0.3) is 5.69 Å². The Morgan fingerprint density at radius 2 is 2.17 bits per heavy atom. The van der Waals surface area contributed by atoms with E-state index in [1.165, 1.54) is 6.07 Å². The topological polar surface area (TPSA) is 42.7 Å². The van der Waals surface area contributed by atoms with Crippen molar-refractivity contribution >= 4 is 0 Å². The van der Waals surface area contributed by atoms with Crippen LogP contribution in [0.3, 0.4) is 0 Å². The van der Waals surface area contributed by atoms with Crippen LogP contribution in [-0.4, -0.2) is 21.0 Å². The number of aromatic nitrogens is 3. The SMILES string of the molecule is Cc1c(F)cccc1-n1nncc1CNC(C)C. The minimum atomic E-state index is -0.231. The molecule has 0 atom stereocenters. The van der Waals surface area contributed by atoms with Gasteiger partial charge in [0.2, 0.25) is 0 Å². The van der Waals surface area contributed by atoms with Gasteiger partial charge in [-0.2, -0.15) is 0 Å². The van der Waals surface area contributed by atoms with Gasteiger partial charge in [0, 0.05) is 18.2 Å². The standard InChI is InChI=1S/C13H17FN4/c1-9(2)15-7-11-8-16-17-18(11)13-6-4-5-12(14)10(13)3/h4-6,8-9,15H,7H2,1-3H3. The molecule has 0 fully saturated rings. The molecule has 18 heavy (non-hydrogen) atoms. The molecule has 5 heteroatoms. The van der Waals surface area contributed by atoms with Gasteiger partial charge >= 0.3 is 0 Å². The van der Waals surface area contributed by atoms with Crippen LogP contribution in [0.15, 0.2) is 24.4 Å². The molecule has 0 amide bonds. The third kappa shape index (κ3) is 2.56. The zero-order valence-electron chi connectivity index (χ0n) is 10.8. The molecule has 1 N–H and O–H groups in total. The number of benzene rings is 1. The molecule has 0 saturated heterocycles. The van der Waals surface area contributed by atoms with Crippen molar-refractivity contribution in [2.24, 2.45) is 0 Å². The Morgan fingerprint density at radius 1 is 1.39 bits per heavy atom. The van der Waals surface area contributed by atoms with Crippen LogP contribution >= 0.6 is 0 Å². The molecule has 0 spiro atoms. The average Bonchev–Trinajstić information content (AvgIpc) is 2.78. The molecular weight excluding hydrogens is 231 g/mol. The van der Waals surface area contributed by atoms with Gasteiger partial charge in [0.05, 0.1) is 17.6 Å². The zero-order valence-corrected chi connectivity index (χ0v) is 10.8. The summed E-state index contributed by atoms with van der Waals surface area (Å²) in [4.78, 5) is 0. The number of halogens is 1. The van der Waals surface area contributed by atoms with Gasteiger partial charge in [0.25, 0.3) is 0 Å². The summed E-state index contributed by atoms with van der Waals surface area (Å²) in [6.45, 7) is 6.54. The lowest BCUT2D eigenvalue weighted by Crippen LogP contribution is -2.23. The first-order valence-electron chi connectivity index (χ1n) is 5.98. The molecule has 0 unspecified atom stereocenters. The molecular formula is C13H17FN4. The highest BCUT2D eigenvalue weighted by atomic mass is 19.1. The van der Waals surface area contributed by atoms with Crippen molar-refractivity contribution in [1.29, 1.82) is 0 Å². The minimum Gasteiger partial charge on any atom is -0.309 e. The molecule has 1 heterocycles. The van der Waals surface area contributed by atoms with Gasteiger partial charge in [-0.15, -0.1) is 5.10 Å². The predicted molar refractivity (Wildman–Crippen MR) is 68.0 cm³/mol. The Balaban J connectivity index is 2.33.